The van der Waals surface area contributed by atoms with Crippen LogP contribution in [0.5, 0.6) is 0 Å². The van der Waals surface area contributed by atoms with Gasteiger partial charge in [0.2, 0.25) is 13.4 Å². The Morgan fingerprint density at radius 2 is 1.07 bits per heavy atom. The van der Waals surface area contributed by atoms with E-state index in [1.165, 1.54) is 86.1 Å². The van der Waals surface area contributed by atoms with Crippen LogP contribution in [0.1, 0.15) is 34.7 Å². The lowest BCUT2D eigenvalue weighted by Gasteiger charge is -2.48. The van der Waals surface area contributed by atoms with Crippen molar-refractivity contribution in [3.63, 3.8) is 0 Å². The summed E-state index contributed by atoms with van der Waals surface area (Å²) in [6.45, 7) is 11.0. The molecule has 6 aromatic rings. The fraction of sp³-hybridized carbons (Fsp3) is 0.122. The van der Waals surface area contributed by atoms with Crippen molar-refractivity contribution in [2.75, 3.05) is 4.90 Å². The number of aryl methyl sites for hydroxylation is 5. The molecule has 46 heavy (non-hydrogen) atoms. The zero-order valence-corrected chi connectivity index (χ0v) is 27.9. The van der Waals surface area contributed by atoms with E-state index in [-0.39, 0.29) is 49.2 Å². The lowest BCUT2D eigenvalue weighted by molar-refractivity contribution is 1.23. The molecule has 4 aliphatic rings. The molecule has 4 heterocycles. The van der Waals surface area contributed by atoms with Crippen molar-refractivity contribution in [1.82, 2.24) is 0 Å². The van der Waals surface area contributed by atoms with Crippen LogP contribution in [-0.4, -0.2) is 13.4 Å². The largest absolute Gasteiger partial charge is 0.312 e. The van der Waals surface area contributed by atoms with Crippen LogP contribution in [-0.2, 0) is 0 Å². The van der Waals surface area contributed by atoms with Crippen LogP contribution < -0.4 is 37.7 Å². The molecule has 0 aliphatic carbocycles. The molecule has 4 aliphatic heterocycles. The Kier molecular flexibility index (Phi) is 4.64. The van der Waals surface area contributed by atoms with Gasteiger partial charge in [0.15, 0.2) is 0 Å². The third-order valence-electron chi connectivity index (χ3n) is 10.2. The summed E-state index contributed by atoms with van der Waals surface area (Å²) < 4.78 is 42.8. The molecule has 0 bridgehead atoms. The van der Waals surface area contributed by atoms with Crippen molar-refractivity contribution in [2.24, 2.45) is 0 Å². The van der Waals surface area contributed by atoms with E-state index in [9.17, 15) is 0 Å². The summed E-state index contributed by atoms with van der Waals surface area (Å²) in [7, 11) is 0. The average molecular weight is 628 g/mol. The van der Waals surface area contributed by atoms with Gasteiger partial charge >= 0.3 is 0 Å². The highest BCUT2D eigenvalue weighted by Crippen LogP contribution is 2.47. The molecule has 0 radical (unpaired) electrons. The number of rotatable bonds is 1. The average Bonchev–Trinajstić information content (AvgIpc) is 3.08. The van der Waals surface area contributed by atoms with Gasteiger partial charge < -0.3 is 4.90 Å². The van der Waals surface area contributed by atoms with Crippen LogP contribution in [0.4, 0.5) is 17.1 Å². The van der Waals surface area contributed by atoms with Gasteiger partial charge in [0.1, 0.15) is 0 Å². The molecular formula is C41H31B2NS2. The van der Waals surface area contributed by atoms with E-state index < -0.39 is 0 Å². The van der Waals surface area contributed by atoms with Crippen LogP contribution in [0, 0.1) is 34.6 Å². The molecule has 0 saturated carbocycles. The summed E-state index contributed by atoms with van der Waals surface area (Å²) in [5.41, 5.74) is 18.4. The highest BCUT2D eigenvalue weighted by molar-refractivity contribution is 8.01. The topological polar surface area (TPSA) is 3.24 Å². The second-order valence-electron chi connectivity index (χ2n) is 13.3. The molecule has 0 N–H and O–H groups in total. The Labute approximate surface area is 287 Å². The van der Waals surface area contributed by atoms with Crippen LogP contribution >= 0.6 is 23.5 Å². The van der Waals surface area contributed by atoms with Gasteiger partial charge in [-0.15, -0.1) is 0 Å². The van der Waals surface area contributed by atoms with Crippen LogP contribution in [0.2, 0.25) is 0 Å². The van der Waals surface area contributed by atoms with Gasteiger partial charge in [0.05, 0.1) is 6.85 Å². The first-order chi connectivity index (χ1) is 24.4. The predicted octanol–water partition coefficient (Wildman–Crippen LogP) is 6.95. The minimum absolute atomic E-state index is 0.0914. The molecule has 0 amide bonds. The fourth-order valence-electron chi connectivity index (χ4n) is 8.58. The second-order valence-corrected chi connectivity index (χ2v) is 15.4. The van der Waals surface area contributed by atoms with E-state index in [2.05, 4.69) is 100 Å². The third-order valence-corrected chi connectivity index (χ3v) is 12.4. The van der Waals surface area contributed by atoms with Gasteiger partial charge in [-0.3, -0.25) is 0 Å². The zero-order valence-electron chi connectivity index (χ0n) is 31.3. The second kappa shape index (κ2) is 9.50. The normalized spacial score (nSPS) is 15.8. The zero-order chi connectivity index (χ0) is 35.4. The maximum absolute atomic E-state index is 8.85. The van der Waals surface area contributed by atoms with Crippen molar-refractivity contribution < 1.29 is 6.85 Å². The number of fused-ring (bicyclic) bond motifs is 10. The number of hydrogen-bond acceptors (Lipinski definition) is 3. The summed E-state index contributed by atoms with van der Waals surface area (Å²) >= 11 is 3.76. The molecule has 0 spiro atoms. The molecule has 10 rings (SSSR count). The molecule has 0 unspecified atom stereocenters. The van der Waals surface area contributed by atoms with Crippen LogP contribution in [0.25, 0.3) is 11.1 Å². The fourth-order valence-corrected chi connectivity index (χ4v) is 11.4. The summed E-state index contributed by atoms with van der Waals surface area (Å²) in [5, 5.41) is 0. The Bertz CT molecular complexity index is 2610. The lowest BCUT2D eigenvalue weighted by atomic mass is 9.29. The lowest BCUT2D eigenvalue weighted by Crippen LogP contribution is -2.68. The molecular weight excluding hydrogens is 592 g/mol. The Morgan fingerprint density at radius 1 is 0.522 bits per heavy atom. The van der Waals surface area contributed by atoms with Crippen molar-refractivity contribution >= 4 is 86.8 Å². The molecule has 0 aromatic heterocycles. The molecule has 1 nitrogen and oxygen atoms in total. The minimum atomic E-state index is -0.376. The maximum Gasteiger partial charge on any atom is 0.249 e. The van der Waals surface area contributed by atoms with Crippen LogP contribution in [0.15, 0.2) is 117 Å². The first kappa shape index (κ1) is 22.5. The van der Waals surface area contributed by atoms with E-state index in [0.29, 0.717) is 5.56 Å². The maximum atomic E-state index is 8.85. The van der Waals surface area contributed by atoms with Gasteiger partial charge in [0, 0.05) is 36.6 Å². The van der Waals surface area contributed by atoms with Gasteiger partial charge in [-0.05, 0) is 109 Å². The van der Waals surface area contributed by atoms with Crippen molar-refractivity contribution in [3.8, 4) is 11.1 Å². The number of hydrogen-bond donors (Lipinski definition) is 0. The van der Waals surface area contributed by atoms with Gasteiger partial charge in [-0.1, -0.05) is 118 Å². The minimum Gasteiger partial charge on any atom is -0.312 e. The highest BCUT2D eigenvalue weighted by atomic mass is 32.2. The summed E-state index contributed by atoms with van der Waals surface area (Å²) in [5.74, 6) is 0. The van der Waals surface area contributed by atoms with Crippen molar-refractivity contribution in [2.45, 2.75) is 54.2 Å². The van der Waals surface area contributed by atoms with E-state index in [0.717, 1.165) is 11.2 Å². The van der Waals surface area contributed by atoms with Crippen molar-refractivity contribution in [3.05, 3.63) is 125 Å². The molecule has 5 heteroatoms. The Balaban J connectivity index is 1.34. The van der Waals surface area contributed by atoms with E-state index in [1.807, 2.05) is 29.6 Å². The van der Waals surface area contributed by atoms with E-state index in [4.69, 9.17) is 6.85 Å². The Morgan fingerprint density at radius 3 is 1.67 bits per heavy atom. The molecule has 0 saturated heterocycles. The van der Waals surface area contributed by atoms with Gasteiger partial charge in [0.25, 0.3) is 0 Å². The molecule has 6 aromatic carbocycles. The SMILES string of the molecule is [2H]c1c([2H])c([2H])c(-c2ccc3c(c2)B2c4c(C)cc(C)cc4Sc4cc5c6c(c42)N3c2ccc(C)cc2B6c2c(C)cc(C)cc2S5)c([2H])c1[2H]. The number of benzene rings is 6. The number of nitrogens with zero attached hydrogens (tertiary/aromatic N) is 1. The van der Waals surface area contributed by atoms with Crippen LogP contribution in [0.3, 0.4) is 0 Å². The highest BCUT2D eigenvalue weighted by Gasteiger charge is 2.50. The van der Waals surface area contributed by atoms with E-state index in [1.54, 1.807) is 0 Å². The third kappa shape index (κ3) is 3.59. The smallest absolute Gasteiger partial charge is 0.249 e. The van der Waals surface area contributed by atoms with Gasteiger partial charge in [-0.2, -0.15) is 0 Å². The Hall–Kier alpha value is -4.05. The summed E-state index contributed by atoms with van der Waals surface area (Å²) in [4.78, 5) is 7.62. The summed E-state index contributed by atoms with van der Waals surface area (Å²) in [6.07, 6.45) is 0. The van der Waals surface area contributed by atoms with Crippen molar-refractivity contribution in [1.29, 1.82) is 0 Å². The monoisotopic (exact) mass is 628 g/mol. The van der Waals surface area contributed by atoms with Gasteiger partial charge in [-0.25, -0.2) is 0 Å². The number of anilines is 3. The quantitative estimate of drug-likeness (QED) is 0.181. The summed E-state index contributed by atoms with van der Waals surface area (Å²) in [6, 6.07) is 23.4. The first-order valence-corrected chi connectivity index (χ1v) is 17.5. The molecule has 0 fully saturated rings. The molecule has 0 atom stereocenters. The molecule has 218 valence electrons. The van der Waals surface area contributed by atoms with E-state index >= 15 is 0 Å². The standard InChI is InChI=1S/C41H31B2NS2/c1-22-11-13-31-29(17-22)42-37-25(4)15-23(2)18-33(37)45-35-21-36-40-41(39(35)42)44(31)32-14-12-28(27-9-7-6-8-10-27)20-30(32)43(40)38-26(5)16-24(3)19-34(38)46-36/h6-21H,1-5H3/i6D,7D,8D,9D,10D. The predicted molar refractivity (Wildman–Crippen MR) is 201 cm³/mol. The first-order valence-electron chi connectivity index (χ1n) is 18.3.